The fraction of sp³-hybridized carbons (Fsp3) is 0.500. The van der Waals surface area contributed by atoms with Crippen molar-refractivity contribution in [2.45, 2.75) is 44.9 Å². The summed E-state index contributed by atoms with van der Waals surface area (Å²) in [7, 11) is 0. The van der Waals surface area contributed by atoms with Gasteiger partial charge in [-0.05, 0) is 30.2 Å². The Morgan fingerprint density at radius 1 is 1.09 bits per heavy atom. The van der Waals surface area contributed by atoms with Crippen molar-refractivity contribution >= 4 is 11.5 Å². The maximum absolute atomic E-state index is 12.4. The lowest BCUT2D eigenvalue weighted by Crippen LogP contribution is -2.31. The van der Waals surface area contributed by atoms with Gasteiger partial charge in [-0.25, -0.2) is 0 Å². The van der Waals surface area contributed by atoms with Crippen molar-refractivity contribution < 1.29 is 4.79 Å². The van der Waals surface area contributed by atoms with Gasteiger partial charge < -0.3 is 4.90 Å². The van der Waals surface area contributed by atoms with Crippen LogP contribution in [0.25, 0.3) is 5.70 Å². The maximum Gasteiger partial charge on any atom is 0.179 e. The van der Waals surface area contributed by atoms with Crippen LogP contribution in [0.1, 0.15) is 49.7 Å². The van der Waals surface area contributed by atoms with Crippen molar-refractivity contribution in [2.75, 3.05) is 13.1 Å². The first-order valence-electron chi connectivity index (χ1n) is 8.73. The van der Waals surface area contributed by atoms with Crippen LogP contribution in [-0.2, 0) is 11.2 Å². The number of ketones is 1. The van der Waals surface area contributed by atoms with Gasteiger partial charge in [0.25, 0.3) is 0 Å². The maximum atomic E-state index is 12.4. The van der Waals surface area contributed by atoms with E-state index in [0.29, 0.717) is 17.4 Å². The van der Waals surface area contributed by atoms with Crippen molar-refractivity contribution in [1.82, 2.24) is 4.90 Å². The van der Waals surface area contributed by atoms with E-state index in [-0.39, 0.29) is 5.78 Å². The van der Waals surface area contributed by atoms with Crippen LogP contribution < -0.4 is 0 Å². The first-order valence-corrected chi connectivity index (χ1v) is 8.73. The third-order valence-electron chi connectivity index (χ3n) is 5.92. The highest BCUT2D eigenvalue weighted by molar-refractivity contribution is 6.09. The van der Waals surface area contributed by atoms with E-state index >= 15 is 0 Å². The predicted octanol–water partition coefficient (Wildman–Crippen LogP) is 3.70. The van der Waals surface area contributed by atoms with Gasteiger partial charge in [0.1, 0.15) is 11.6 Å². The van der Waals surface area contributed by atoms with Gasteiger partial charge in [0.05, 0.1) is 5.70 Å². The Morgan fingerprint density at radius 2 is 1.87 bits per heavy atom. The Hall–Kier alpha value is -2.08. The Morgan fingerprint density at radius 3 is 2.65 bits per heavy atom. The summed E-state index contributed by atoms with van der Waals surface area (Å²) in [5, 5.41) is 9.56. The number of Topliss-reactive ketones (excluding diaryl/α,β-unsaturated/α-hetero) is 1. The van der Waals surface area contributed by atoms with E-state index in [1.54, 1.807) is 0 Å². The van der Waals surface area contributed by atoms with Crippen molar-refractivity contribution in [1.29, 1.82) is 5.26 Å². The van der Waals surface area contributed by atoms with Gasteiger partial charge in [-0.3, -0.25) is 4.79 Å². The molecule has 1 spiro atoms. The van der Waals surface area contributed by atoms with Crippen LogP contribution in [0.5, 0.6) is 0 Å². The molecule has 4 rings (SSSR count). The summed E-state index contributed by atoms with van der Waals surface area (Å²) in [5.74, 6) is -0.0224. The molecule has 0 bridgehead atoms. The van der Waals surface area contributed by atoms with Crippen LogP contribution in [0.3, 0.4) is 0 Å². The summed E-state index contributed by atoms with van der Waals surface area (Å²) in [6.07, 6.45) is 8.17. The normalized spacial score (nSPS) is 23.1. The topological polar surface area (TPSA) is 44.1 Å². The molecular formula is C20H22N2O. The third kappa shape index (κ3) is 2.37. The van der Waals surface area contributed by atoms with Gasteiger partial charge in [0.15, 0.2) is 5.78 Å². The number of carbonyl (C=O) groups is 1. The minimum atomic E-state index is -0.0224. The van der Waals surface area contributed by atoms with Crippen molar-refractivity contribution in [3.05, 3.63) is 41.0 Å². The lowest BCUT2D eigenvalue weighted by molar-refractivity contribution is -0.114. The van der Waals surface area contributed by atoms with Crippen LogP contribution in [-0.4, -0.2) is 23.8 Å². The van der Waals surface area contributed by atoms with E-state index in [1.165, 1.54) is 38.5 Å². The summed E-state index contributed by atoms with van der Waals surface area (Å²) in [5.41, 5.74) is 3.85. The van der Waals surface area contributed by atoms with Crippen molar-refractivity contribution in [2.24, 2.45) is 5.41 Å². The second-order valence-corrected chi connectivity index (χ2v) is 7.32. The zero-order chi connectivity index (χ0) is 15.9. The molecule has 3 nitrogen and oxygen atoms in total. The van der Waals surface area contributed by atoms with Crippen LogP contribution in [0, 0.1) is 16.7 Å². The van der Waals surface area contributed by atoms with Crippen LogP contribution >= 0.6 is 0 Å². The molecule has 2 aliphatic carbocycles. The zero-order valence-corrected chi connectivity index (χ0v) is 13.5. The van der Waals surface area contributed by atoms with Gasteiger partial charge >= 0.3 is 0 Å². The first-order chi connectivity index (χ1) is 11.2. The smallest absolute Gasteiger partial charge is 0.179 e. The minimum absolute atomic E-state index is 0.0224. The van der Waals surface area contributed by atoms with E-state index in [4.69, 9.17) is 0 Å². The molecule has 3 aliphatic rings. The Balaban J connectivity index is 1.74. The summed E-state index contributed by atoms with van der Waals surface area (Å²) in [6, 6.07) is 10.3. The number of benzene rings is 1. The summed E-state index contributed by atoms with van der Waals surface area (Å²) in [4.78, 5) is 14.7. The molecule has 0 aromatic heterocycles. The summed E-state index contributed by atoms with van der Waals surface area (Å²) in [6.45, 7) is 1.98. The predicted molar refractivity (Wildman–Crippen MR) is 89.4 cm³/mol. The highest BCUT2D eigenvalue weighted by atomic mass is 16.1. The van der Waals surface area contributed by atoms with Gasteiger partial charge in [-0.15, -0.1) is 0 Å². The Labute approximate surface area is 137 Å². The van der Waals surface area contributed by atoms with E-state index < -0.39 is 0 Å². The molecule has 1 aliphatic heterocycles. The molecule has 0 radical (unpaired) electrons. The van der Waals surface area contributed by atoms with Crippen molar-refractivity contribution in [3.63, 3.8) is 0 Å². The molecule has 0 unspecified atom stereocenters. The Kier molecular flexibility index (Phi) is 3.49. The van der Waals surface area contributed by atoms with Crippen LogP contribution in [0.15, 0.2) is 29.8 Å². The van der Waals surface area contributed by atoms with E-state index in [9.17, 15) is 10.1 Å². The van der Waals surface area contributed by atoms with Crippen LogP contribution in [0.2, 0.25) is 0 Å². The number of likely N-dealkylation sites (tertiary alicyclic amines) is 1. The van der Waals surface area contributed by atoms with E-state index in [2.05, 4.69) is 17.0 Å². The largest absolute Gasteiger partial charge is 0.369 e. The Bertz CT molecular complexity index is 719. The number of carbonyl (C=O) groups excluding carboxylic acids is 1. The van der Waals surface area contributed by atoms with Gasteiger partial charge in [0, 0.05) is 25.1 Å². The molecule has 2 fully saturated rings. The average Bonchev–Trinajstić information content (AvgIpc) is 2.97. The molecule has 1 saturated heterocycles. The molecule has 1 aromatic carbocycles. The fourth-order valence-corrected chi connectivity index (χ4v) is 4.71. The second kappa shape index (κ2) is 5.53. The molecule has 118 valence electrons. The monoisotopic (exact) mass is 306 g/mol. The number of nitrogens with zero attached hydrogens (tertiary/aromatic N) is 2. The molecule has 0 amide bonds. The average molecular weight is 306 g/mol. The number of hydrogen-bond acceptors (Lipinski definition) is 3. The molecule has 1 aromatic rings. The first kappa shape index (κ1) is 14.5. The minimum Gasteiger partial charge on any atom is -0.369 e. The van der Waals surface area contributed by atoms with Crippen molar-refractivity contribution in [3.8, 4) is 6.07 Å². The molecule has 0 atom stereocenters. The number of allylic oxidation sites excluding steroid dienone is 1. The third-order valence-corrected chi connectivity index (χ3v) is 5.92. The zero-order valence-electron chi connectivity index (χ0n) is 13.5. The van der Waals surface area contributed by atoms with E-state index in [1.807, 2.05) is 18.2 Å². The molecular weight excluding hydrogens is 284 g/mol. The highest BCUT2D eigenvalue weighted by Crippen LogP contribution is 2.46. The number of fused-ring (bicyclic) bond motifs is 1. The number of rotatable bonds is 1. The SMILES string of the molecule is N#CC1=C(N2CCC3(CCCCC3)C2)c2ccccc2CC1=O. The van der Waals surface area contributed by atoms with Crippen LogP contribution in [0.4, 0.5) is 0 Å². The molecule has 1 saturated carbocycles. The molecule has 1 heterocycles. The number of hydrogen-bond donors (Lipinski definition) is 0. The van der Waals surface area contributed by atoms with Gasteiger partial charge in [-0.2, -0.15) is 5.26 Å². The summed E-state index contributed by atoms with van der Waals surface area (Å²) < 4.78 is 0. The van der Waals surface area contributed by atoms with E-state index in [0.717, 1.165) is 29.9 Å². The molecule has 23 heavy (non-hydrogen) atoms. The van der Waals surface area contributed by atoms with Gasteiger partial charge in [0.2, 0.25) is 0 Å². The quantitative estimate of drug-likeness (QED) is 0.794. The summed E-state index contributed by atoms with van der Waals surface area (Å²) >= 11 is 0. The molecule has 0 N–H and O–H groups in total. The molecule has 3 heteroatoms. The lowest BCUT2D eigenvalue weighted by atomic mass is 9.73. The lowest BCUT2D eigenvalue weighted by Gasteiger charge is -2.35. The fourth-order valence-electron chi connectivity index (χ4n) is 4.71. The second-order valence-electron chi connectivity index (χ2n) is 7.32. The standard InChI is InChI=1S/C20H22N2O/c21-13-17-18(23)12-15-6-2-3-7-16(15)19(17)22-11-10-20(14-22)8-4-1-5-9-20/h2-3,6-7H,1,4-5,8-12,14H2. The highest BCUT2D eigenvalue weighted by Gasteiger charge is 2.41. The van der Waals surface area contributed by atoms with Gasteiger partial charge in [-0.1, -0.05) is 43.5 Å². The number of nitriles is 1.